The third kappa shape index (κ3) is 11.3. The number of ether oxygens (including phenoxy) is 2. The molecule has 3 rings (SSSR count). The van der Waals surface area contributed by atoms with Crippen LogP contribution in [0.15, 0.2) is 89.8 Å². The number of rotatable bonds is 19. The number of carbonyl (C=O) groups excluding carboxylic acids is 3. The van der Waals surface area contributed by atoms with Gasteiger partial charge in [0.1, 0.15) is 12.1 Å². The van der Waals surface area contributed by atoms with Crippen LogP contribution in [0.4, 0.5) is 10.5 Å². The number of methoxy groups -OCH3 is 2. The normalized spacial score (nSPS) is 13.3. The molecule has 2 N–H and O–H groups in total. The van der Waals surface area contributed by atoms with Crippen molar-refractivity contribution < 1.29 is 37.2 Å². The number of nitro benzene ring substituents is 1. The molecule has 2 amide bonds. The van der Waals surface area contributed by atoms with Gasteiger partial charge in [0.15, 0.2) is 0 Å². The molecule has 0 aliphatic carbocycles. The summed E-state index contributed by atoms with van der Waals surface area (Å²) >= 11 is 0. The van der Waals surface area contributed by atoms with E-state index in [1.165, 1.54) is 14.2 Å². The Labute approximate surface area is 299 Å². The number of nitrogens with one attached hydrogen (secondary N) is 2. The van der Waals surface area contributed by atoms with Gasteiger partial charge in [-0.3, -0.25) is 19.7 Å². The van der Waals surface area contributed by atoms with E-state index in [1.807, 2.05) is 81.4 Å². The van der Waals surface area contributed by atoms with Crippen LogP contribution in [-0.4, -0.2) is 74.5 Å². The lowest BCUT2D eigenvalue weighted by molar-refractivity contribution is -0.384. The minimum absolute atomic E-state index is 0.0198. The molecule has 276 valence electrons. The van der Waals surface area contributed by atoms with Gasteiger partial charge in [0.2, 0.25) is 15.9 Å². The smallest absolute Gasteiger partial charge is 0.407 e. The number of amides is 2. The molecule has 0 spiro atoms. The zero-order chi connectivity index (χ0) is 37.6. The van der Waals surface area contributed by atoms with Crippen molar-refractivity contribution in [3.8, 4) is 0 Å². The van der Waals surface area contributed by atoms with E-state index in [0.717, 1.165) is 39.7 Å². The summed E-state index contributed by atoms with van der Waals surface area (Å²) in [5.41, 5.74) is 1.36. The second kappa shape index (κ2) is 19.5. The lowest BCUT2D eigenvalue weighted by Crippen LogP contribution is -2.52. The Balaban J connectivity index is 1.86. The second-order valence-electron chi connectivity index (χ2n) is 12.5. The van der Waals surface area contributed by atoms with Crippen LogP contribution in [0.25, 0.3) is 0 Å². The highest BCUT2D eigenvalue weighted by Gasteiger charge is 2.37. The molecule has 0 aliphatic rings. The molecular formula is C37H48N4O9S. The van der Waals surface area contributed by atoms with Gasteiger partial charge in [0.05, 0.1) is 24.0 Å². The van der Waals surface area contributed by atoms with Crippen LogP contribution < -0.4 is 10.6 Å². The van der Waals surface area contributed by atoms with Crippen LogP contribution >= 0.6 is 0 Å². The third-order valence-electron chi connectivity index (χ3n) is 8.66. The predicted molar refractivity (Wildman–Crippen MR) is 192 cm³/mol. The van der Waals surface area contributed by atoms with Crippen molar-refractivity contribution in [3.63, 3.8) is 0 Å². The Kier molecular flexibility index (Phi) is 15.6. The molecule has 0 heterocycles. The first kappa shape index (κ1) is 40.6. The molecule has 0 aliphatic heterocycles. The number of nitrogens with zero attached hydrogens (tertiary/aromatic N) is 2. The van der Waals surface area contributed by atoms with Crippen LogP contribution in [0.3, 0.4) is 0 Å². The molecular weight excluding hydrogens is 676 g/mol. The predicted octanol–water partition coefficient (Wildman–Crippen LogP) is 5.80. The lowest BCUT2D eigenvalue weighted by Gasteiger charge is -2.31. The maximum absolute atomic E-state index is 14.0. The zero-order valence-corrected chi connectivity index (χ0v) is 30.5. The van der Waals surface area contributed by atoms with Crippen LogP contribution in [0.2, 0.25) is 0 Å². The van der Waals surface area contributed by atoms with Gasteiger partial charge in [-0.25, -0.2) is 13.2 Å². The molecule has 14 heteroatoms. The van der Waals surface area contributed by atoms with E-state index in [4.69, 9.17) is 9.47 Å². The zero-order valence-electron chi connectivity index (χ0n) is 29.7. The molecule has 0 saturated heterocycles. The molecule has 3 aromatic rings. The minimum Gasteiger partial charge on any atom is -0.468 e. The van der Waals surface area contributed by atoms with Crippen LogP contribution in [-0.2, 0) is 29.1 Å². The van der Waals surface area contributed by atoms with E-state index in [9.17, 15) is 32.9 Å². The van der Waals surface area contributed by atoms with Crippen LogP contribution in [0, 0.1) is 16.0 Å². The Morgan fingerprint density at radius 3 is 1.86 bits per heavy atom. The van der Waals surface area contributed by atoms with Gasteiger partial charge in [-0.05, 0) is 61.3 Å². The van der Waals surface area contributed by atoms with Gasteiger partial charge in [-0.15, -0.1) is 0 Å². The molecule has 0 aromatic heterocycles. The Bertz CT molecular complexity index is 1650. The van der Waals surface area contributed by atoms with Crippen molar-refractivity contribution in [1.82, 2.24) is 14.9 Å². The number of sulfonamides is 1. The fraction of sp³-hybridized carbons (Fsp3) is 0.432. The maximum Gasteiger partial charge on any atom is 0.407 e. The number of hydrogen-bond acceptors (Lipinski definition) is 9. The van der Waals surface area contributed by atoms with Crippen molar-refractivity contribution >= 4 is 33.7 Å². The number of benzene rings is 3. The number of esters is 1. The minimum atomic E-state index is -4.27. The number of nitro groups is 1. The number of alkyl carbamates (subject to hydrolysis) is 1. The van der Waals surface area contributed by atoms with Gasteiger partial charge >= 0.3 is 12.1 Å². The Hall–Kier alpha value is -4.82. The monoisotopic (exact) mass is 724 g/mol. The third-order valence-corrected chi connectivity index (χ3v) is 10.6. The van der Waals surface area contributed by atoms with E-state index < -0.39 is 50.9 Å². The molecule has 3 atom stereocenters. The fourth-order valence-corrected chi connectivity index (χ4v) is 7.45. The first-order valence-electron chi connectivity index (χ1n) is 16.9. The van der Waals surface area contributed by atoms with E-state index in [1.54, 1.807) is 0 Å². The highest BCUT2D eigenvalue weighted by atomic mass is 32.2. The van der Waals surface area contributed by atoms with Crippen molar-refractivity contribution in [3.05, 3.63) is 106 Å². The summed E-state index contributed by atoms with van der Waals surface area (Å²) in [7, 11) is -1.85. The quantitative estimate of drug-likeness (QED) is 0.0881. The Morgan fingerprint density at radius 1 is 0.824 bits per heavy atom. The summed E-state index contributed by atoms with van der Waals surface area (Å²) in [6.45, 7) is 5.78. The highest BCUT2D eigenvalue weighted by molar-refractivity contribution is 7.89. The van der Waals surface area contributed by atoms with E-state index in [0.29, 0.717) is 25.7 Å². The average molecular weight is 725 g/mol. The highest BCUT2D eigenvalue weighted by Crippen LogP contribution is 2.29. The standard InChI is InChI=1S/C37H48N4O9S/c1-6-29(38-35(42)34(39-37(44)50-5)33(27-14-9-7-10-15-27)28-16-11-8-12-17-28)18-13-19-32(36(43)49-4)40(25-24-26(2)3)51(47,48)31-22-20-30(21-23-31)41(45)46/h7-12,14-17,20-23,26,29,32-34H,6,13,18-19,24-25H2,1-5H3,(H,38,42)(H,39,44)/t29-,32+,34?/m1/s1. The summed E-state index contributed by atoms with van der Waals surface area (Å²) in [4.78, 5) is 50.1. The van der Waals surface area contributed by atoms with Gasteiger partial charge in [0.25, 0.3) is 5.69 Å². The first-order chi connectivity index (χ1) is 24.3. The lowest BCUT2D eigenvalue weighted by atomic mass is 9.84. The van der Waals surface area contributed by atoms with Crippen molar-refractivity contribution in [2.45, 2.75) is 81.8 Å². The SMILES string of the molecule is CC[C@H](CCC[C@@H](C(=O)OC)N(CCC(C)C)S(=O)(=O)c1ccc([N+](=O)[O-])cc1)NC(=O)C(NC(=O)OC)C(c1ccccc1)c1ccccc1. The van der Waals surface area contributed by atoms with E-state index >= 15 is 0 Å². The molecule has 0 fully saturated rings. The summed E-state index contributed by atoms with van der Waals surface area (Å²) in [5, 5.41) is 17.0. The fourth-order valence-electron chi connectivity index (χ4n) is 5.83. The number of hydrogen-bond donors (Lipinski definition) is 2. The van der Waals surface area contributed by atoms with Gasteiger partial charge in [-0.1, -0.05) is 81.4 Å². The van der Waals surface area contributed by atoms with Crippen molar-refractivity contribution in [1.29, 1.82) is 0 Å². The average Bonchev–Trinajstić information content (AvgIpc) is 3.13. The molecule has 3 aromatic carbocycles. The molecule has 0 bridgehead atoms. The van der Waals surface area contributed by atoms with Crippen LogP contribution in [0.5, 0.6) is 0 Å². The summed E-state index contributed by atoms with van der Waals surface area (Å²) in [6, 6.07) is 20.6. The molecule has 51 heavy (non-hydrogen) atoms. The molecule has 1 unspecified atom stereocenters. The summed E-state index contributed by atoms with van der Waals surface area (Å²) in [5.74, 6) is -1.61. The summed E-state index contributed by atoms with van der Waals surface area (Å²) in [6.07, 6.45) is 1.01. The van der Waals surface area contributed by atoms with Gasteiger partial charge in [0, 0.05) is 30.6 Å². The molecule has 0 radical (unpaired) electrons. The van der Waals surface area contributed by atoms with Crippen molar-refractivity contribution in [2.75, 3.05) is 20.8 Å². The summed E-state index contributed by atoms with van der Waals surface area (Å²) < 4.78 is 38.9. The second-order valence-corrected chi connectivity index (χ2v) is 14.4. The van der Waals surface area contributed by atoms with Crippen LogP contribution in [0.1, 0.15) is 69.9 Å². The van der Waals surface area contributed by atoms with E-state index in [2.05, 4.69) is 10.6 Å². The topological polar surface area (TPSA) is 174 Å². The first-order valence-corrected chi connectivity index (χ1v) is 18.4. The number of non-ortho nitro benzene ring substituents is 1. The molecule has 0 saturated carbocycles. The van der Waals surface area contributed by atoms with Gasteiger partial charge in [-0.2, -0.15) is 4.31 Å². The number of carbonyl (C=O) groups is 3. The largest absolute Gasteiger partial charge is 0.468 e. The molecule has 13 nitrogen and oxygen atoms in total. The van der Waals surface area contributed by atoms with Gasteiger partial charge < -0.3 is 20.1 Å². The van der Waals surface area contributed by atoms with Crippen molar-refractivity contribution in [2.24, 2.45) is 5.92 Å². The maximum atomic E-state index is 14.0. The van der Waals surface area contributed by atoms with E-state index in [-0.39, 0.29) is 35.5 Å². The Morgan fingerprint density at radius 2 is 1.39 bits per heavy atom.